The molecule has 36 heavy (non-hydrogen) atoms. The van der Waals surface area contributed by atoms with Crippen molar-refractivity contribution in [2.24, 2.45) is 0 Å². The van der Waals surface area contributed by atoms with Gasteiger partial charge in [0.1, 0.15) is 0 Å². The summed E-state index contributed by atoms with van der Waals surface area (Å²) in [4.78, 5) is 35.8. The molecule has 0 spiro atoms. The summed E-state index contributed by atoms with van der Waals surface area (Å²) in [6.07, 6.45) is 1.67. The molecule has 0 aliphatic rings. The molecule has 0 fully saturated rings. The zero-order valence-corrected chi connectivity index (χ0v) is 22.5. The van der Waals surface area contributed by atoms with E-state index in [9.17, 15) is 19.0 Å². The second kappa shape index (κ2) is 11.8. The van der Waals surface area contributed by atoms with Crippen LogP contribution in [0.4, 0.5) is 4.79 Å². The number of rotatable bonds is 9. The lowest BCUT2D eigenvalue weighted by Crippen LogP contribution is -2.26. The topological polar surface area (TPSA) is 111 Å². The van der Waals surface area contributed by atoms with Crippen LogP contribution in [0.2, 0.25) is 0 Å². The summed E-state index contributed by atoms with van der Waals surface area (Å²) >= 11 is 1.35. The van der Waals surface area contributed by atoms with E-state index in [1.54, 1.807) is 25.3 Å². The summed E-state index contributed by atoms with van der Waals surface area (Å²) in [7, 11) is -4.66. The molecule has 0 aliphatic carbocycles. The molecule has 10 heteroatoms. The number of thiophene rings is 1. The SMILES string of the molecule is Cc1cc(C)cc(/C=C/NC(=O)C(c2csc3ccc(C)cc23)P(=O)(O)OCOC(=O)OC(C)C)c1. The van der Waals surface area contributed by atoms with Crippen LogP contribution in [0.1, 0.15) is 47.3 Å². The number of carbonyl (C=O) groups is 2. The van der Waals surface area contributed by atoms with Crippen molar-refractivity contribution in [2.45, 2.75) is 46.4 Å². The van der Waals surface area contributed by atoms with Crippen molar-refractivity contribution in [3.63, 3.8) is 0 Å². The minimum Gasteiger partial charge on any atom is -0.432 e. The van der Waals surface area contributed by atoms with E-state index in [1.165, 1.54) is 17.5 Å². The molecule has 0 bridgehead atoms. The van der Waals surface area contributed by atoms with E-state index in [1.807, 2.05) is 57.2 Å². The highest BCUT2D eigenvalue weighted by atomic mass is 32.1. The molecule has 0 saturated heterocycles. The first-order valence-electron chi connectivity index (χ1n) is 11.3. The first-order valence-corrected chi connectivity index (χ1v) is 13.8. The van der Waals surface area contributed by atoms with Gasteiger partial charge < -0.3 is 19.7 Å². The maximum atomic E-state index is 13.3. The fraction of sp³-hybridized carbons (Fsp3) is 0.308. The molecule has 192 valence electrons. The monoisotopic (exact) mass is 531 g/mol. The molecular weight excluding hydrogens is 501 g/mol. The Kier molecular flexibility index (Phi) is 9.08. The largest absolute Gasteiger partial charge is 0.510 e. The van der Waals surface area contributed by atoms with E-state index < -0.39 is 38.2 Å². The van der Waals surface area contributed by atoms with E-state index in [4.69, 9.17) is 14.0 Å². The normalized spacial score (nSPS) is 14.1. The Labute approximate surface area is 214 Å². The van der Waals surface area contributed by atoms with E-state index >= 15 is 0 Å². The molecule has 1 heterocycles. The van der Waals surface area contributed by atoms with Crippen molar-refractivity contribution in [1.29, 1.82) is 0 Å². The number of amides is 1. The van der Waals surface area contributed by atoms with E-state index in [0.717, 1.165) is 27.0 Å². The third-order valence-corrected chi connectivity index (χ3v) is 7.74. The minimum atomic E-state index is -4.66. The quantitative estimate of drug-likeness (QED) is 0.187. The Morgan fingerprint density at radius 3 is 2.44 bits per heavy atom. The van der Waals surface area contributed by atoms with Crippen molar-refractivity contribution in [3.8, 4) is 0 Å². The lowest BCUT2D eigenvalue weighted by molar-refractivity contribution is -0.120. The van der Waals surface area contributed by atoms with Crippen molar-refractivity contribution < 1.29 is 33.0 Å². The summed E-state index contributed by atoms with van der Waals surface area (Å²) in [6, 6.07) is 11.6. The second-order valence-electron chi connectivity index (χ2n) is 8.73. The van der Waals surface area contributed by atoms with Gasteiger partial charge in [0.15, 0.2) is 5.66 Å². The fourth-order valence-electron chi connectivity index (χ4n) is 3.70. The van der Waals surface area contributed by atoms with E-state index in [0.29, 0.717) is 10.9 Å². The number of hydrogen-bond acceptors (Lipinski definition) is 7. The van der Waals surface area contributed by atoms with Gasteiger partial charge in [0.2, 0.25) is 12.7 Å². The van der Waals surface area contributed by atoms with Gasteiger partial charge in [0.25, 0.3) is 0 Å². The Bertz CT molecular complexity index is 1310. The molecule has 3 aromatic rings. The van der Waals surface area contributed by atoms with Gasteiger partial charge in [-0.25, -0.2) is 4.79 Å². The molecule has 1 aromatic heterocycles. The number of nitrogens with one attached hydrogen (secondary N) is 1. The molecule has 2 atom stereocenters. The van der Waals surface area contributed by atoms with Crippen LogP contribution in [0.3, 0.4) is 0 Å². The number of benzene rings is 2. The molecule has 2 aromatic carbocycles. The maximum Gasteiger partial charge on any atom is 0.510 e. The molecule has 2 unspecified atom stereocenters. The summed E-state index contributed by atoms with van der Waals surface area (Å²) in [5, 5.41) is 4.96. The Morgan fingerprint density at radius 2 is 1.78 bits per heavy atom. The lowest BCUT2D eigenvalue weighted by Gasteiger charge is -2.21. The Morgan fingerprint density at radius 1 is 1.08 bits per heavy atom. The van der Waals surface area contributed by atoms with Gasteiger partial charge in [-0.3, -0.25) is 13.9 Å². The van der Waals surface area contributed by atoms with Crippen LogP contribution >= 0.6 is 18.9 Å². The average molecular weight is 532 g/mol. The lowest BCUT2D eigenvalue weighted by atomic mass is 10.1. The minimum absolute atomic E-state index is 0.353. The molecule has 3 rings (SSSR count). The molecule has 8 nitrogen and oxygen atoms in total. The molecule has 0 saturated carbocycles. The van der Waals surface area contributed by atoms with Crippen molar-refractivity contribution in [3.05, 3.63) is 75.8 Å². The predicted octanol–water partition coefficient (Wildman–Crippen LogP) is 6.38. The fourth-order valence-corrected chi connectivity index (χ4v) is 6.05. The number of hydrogen-bond donors (Lipinski definition) is 2. The van der Waals surface area contributed by atoms with Crippen LogP contribution in [0.25, 0.3) is 16.2 Å². The first-order chi connectivity index (χ1) is 17.0. The zero-order chi connectivity index (χ0) is 26.5. The average Bonchev–Trinajstić information content (AvgIpc) is 3.14. The second-order valence-corrected chi connectivity index (χ2v) is 11.5. The molecule has 2 N–H and O–H groups in total. The van der Waals surface area contributed by atoms with Gasteiger partial charge in [0, 0.05) is 10.9 Å². The Balaban J connectivity index is 1.87. The van der Waals surface area contributed by atoms with Crippen molar-refractivity contribution >= 4 is 47.2 Å². The van der Waals surface area contributed by atoms with Crippen LogP contribution < -0.4 is 5.32 Å². The van der Waals surface area contributed by atoms with Crippen LogP contribution in [-0.4, -0.2) is 29.9 Å². The van der Waals surface area contributed by atoms with Gasteiger partial charge in [-0.1, -0.05) is 47.0 Å². The van der Waals surface area contributed by atoms with E-state index in [-0.39, 0.29) is 0 Å². The third-order valence-electron chi connectivity index (χ3n) is 5.12. The summed E-state index contributed by atoms with van der Waals surface area (Å²) in [5.41, 5.74) is 2.76. The number of ether oxygens (including phenoxy) is 2. The summed E-state index contributed by atoms with van der Waals surface area (Å²) in [5.74, 6) is -0.729. The molecule has 0 radical (unpaired) electrons. The standard InChI is InChI=1S/C26H30NO7PS/c1-16(2)34-26(29)32-15-33-35(30,31)24(22-14-36-23-7-6-17(3)13-21(22)23)25(28)27-9-8-20-11-18(4)10-19(5)12-20/h6-14,16,24H,15H2,1-5H3,(H,27,28)(H,30,31)/b9-8+. The number of carbonyl (C=O) groups excluding carboxylic acids is 2. The Hall–Kier alpha value is -2.97. The first kappa shape index (κ1) is 27.6. The van der Waals surface area contributed by atoms with Gasteiger partial charge in [-0.2, -0.15) is 0 Å². The van der Waals surface area contributed by atoms with Crippen molar-refractivity contribution in [2.75, 3.05) is 6.79 Å². The van der Waals surface area contributed by atoms with Gasteiger partial charge in [-0.05, 0) is 68.7 Å². The van der Waals surface area contributed by atoms with Crippen LogP contribution in [0.5, 0.6) is 0 Å². The predicted molar refractivity (Wildman–Crippen MR) is 141 cm³/mol. The molecule has 0 aliphatic heterocycles. The molecular formula is C26H30NO7PS. The number of fused-ring (bicyclic) bond motifs is 1. The van der Waals surface area contributed by atoms with Gasteiger partial charge >= 0.3 is 13.8 Å². The summed E-state index contributed by atoms with van der Waals surface area (Å²) < 4.78 is 28.8. The van der Waals surface area contributed by atoms with Crippen LogP contribution in [0, 0.1) is 20.8 Å². The van der Waals surface area contributed by atoms with Crippen LogP contribution in [0.15, 0.2) is 48.0 Å². The van der Waals surface area contributed by atoms with E-state index in [2.05, 4.69) is 5.32 Å². The highest BCUT2D eigenvalue weighted by Gasteiger charge is 2.41. The summed E-state index contributed by atoms with van der Waals surface area (Å²) in [6.45, 7) is 8.26. The zero-order valence-electron chi connectivity index (χ0n) is 20.8. The maximum absolute atomic E-state index is 13.3. The third kappa shape index (κ3) is 7.27. The number of aryl methyl sites for hydroxylation is 3. The smallest absolute Gasteiger partial charge is 0.432 e. The highest BCUT2D eigenvalue weighted by Crippen LogP contribution is 2.58. The van der Waals surface area contributed by atoms with Gasteiger partial charge in [0.05, 0.1) is 6.10 Å². The highest BCUT2D eigenvalue weighted by molar-refractivity contribution is 7.54. The van der Waals surface area contributed by atoms with Crippen molar-refractivity contribution in [1.82, 2.24) is 5.32 Å². The molecule has 1 amide bonds. The van der Waals surface area contributed by atoms with Gasteiger partial charge in [-0.15, -0.1) is 11.3 Å². The van der Waals surface area contributed by atoms with Crippen LogP contribution in [-0.2, 0) is 23.4 Å².